The summed E-state index contributed by atoms with van der Waals surface area (Å²) in [5.74, 6) is 0.439. The molecule has 1 unspecified atom stereocenters. The zero-order chi connectivity index (χ0) is 7.84. The molecule has 1 heterocycles. The van der Waals surface area contributed by atoms with E-state index in [1.54, 1.807) is 0 Å². The Hall–Kier alpha value is -0.610. The smallest absolute Gasteiger partial charge is 0.304 e. The highest BCUT2D eigenvalue weighted by molar-refractivity contribution is 7.09. The maximum Gasteiger partial charge on any atom is 0.304 e. The number of fused-ring (bicyclic) bond motifs is 1. The van der Waals surface area contributed by atoms with Crippen LogP contribution in [0.1, 0.15) is 22.9 Å². The monoisotopic (exact) mass is 170 g/mol. The van der Waals surface area contributed by atoms with E-state index >= 15 is 0 Å². The fourth-order valence-corrected chi connectivity index (χ4v) is 2.59. The normalized spacial score (nSPS) is 22.1. The fourth-order valence-electron chi connectivity index (χ4n) is 1.56. The Balaban J connectivity index is 2.45. The fraction of sp³-hybridized carbons (Fsp3) is 0.571. The summed E-state index contributed by atoms with van der Waals surface area (Å²) in [6.45, 7) is 0.667. The second kappa shape index (κ2) is 2.46. The first-order valence-corrected chi connectivity index (χ1v) is 4.55. The largest absolute Gasteiger partial charge is 0.330 e. The van der Waals surface area contributed by atoms with Gasteiger partial charge in [0.15, 0.2) is 0 Å². The van der Waals surface area contributed by atoms with Crippen LogP contribution in [0.3, 0.4) is 0 Å². The summed E-state index contributed by atoms with van der Waals surface area (Å²) in [6.07, 6.45) is 2.10. The average molecular weight is 170 g/mol. The molecule has 11 heavy (non-hydrogen) atoms. The number of aryl methyl sites for hydroxylation is 1. The minimum absolute atomic E-state index is 0.0631. The molecule has 0 bridgehead atoms. The van der Waals surface area contributed by atoms with E-state index in [9.17, 15) is 4.79 Å². The summed E-state index contributed by atoms with van der Waals surface area (Å²) in [7, 11) is 0. The summed E-state index contributed by atoms with van der Waals surface area (Å²) in [6, 6.07) is 0. The molecule has 0 aromatic carbocycles. The Kier molecular flexibility index (Phi) is 1.58. The van der Waals surface area contributed by atoms with Gasteiger partial charge in [-0.1, -0.05) is 11.3 Å². The molecule has 1 aromatic rings. The summed E-state index contributed by atoms with van der Waals surface area (Å²) in [5.41, 5.74) is 6.67. The van der Waals surface area contributed by atoms with Crippen LogP contribution in [0.4, 0.5) is 0 Å². The number of rotatable bonds is 1. The van der Waals surface area contributed by atoms with Crippen LogP contribution in [0, 0.1) is 0 Å². The van der Waals surface area contributed by atoms with E-state index in [0.29, 0.717) is 12.5 Å². The standard InChI is InChI=1S/C7H10N2OS/c8-3-4-1-2-5-6(4)11-7(10)9-5/h4H,1-3,8H2,(H,9,10). The lowest BCUT2D eigenvalue weighted by molar-refractivity contribution is 0.693. The van der Waals surface area contributed by atoms with Gasteiger partial charge in [-0.15, -0.1) is 0 Å². The lowest BCUT2D eigenvalue weighted by Gasteiger charge is -2.01. The first kappa shape index (κ1) is 7.06. The predicted octanol–water partition coefficient (Wildman–Crippen LogP) is 0.425. The molecule has 0 amide bonds. The van der Waals surface area contributed by atoms with Gasteiger partial charge in [-0.2, -0.15) is 0 Å². The molecule has 1 atom stereocenters. The van der Waals surface area contributed by atoms with E-state index in [-0.39, 0.29) is 4.87 Å². The van der Waals surface area contributed by atoms with Gasteiger partial charge in [0.25, 0.3) is 0 Å². The highest BCUT2D eigenvalue weighted by Crippen LogP contribution is 2.32. The van der Waals surface area contributed by atoms with Gasteiger partial charge in [-0.25, -0.2) is 0 Å². The molecule has 3 N–H and O–H groups in total. The molecule has 0 aliphatic heterocycles. The third-order valence-corrected chi connectivity index (χ3v) is 3.24. The first-order chi connectivity index (χ1) is 5.31. The van der Waals surface area contributed by atoms with E-state index < -0.39 is 0 Å². The molecule has 1 aliphatic rings. The third-order valence-electron chi connectivity index (χ3n) is 2.15. The molecule has 4 heteroatoms. The number of aromatic nitrogens is 1. The Morgan fingerprint density at radius 2 is 2.55 bits per heavy atom. The van der Waals surface area contributed by atoms with Gasteiger partial charge in [0.1, 0.15) is 0 Å². The van der Waals surface area contributed by atoms with Gasteiger partial charge in [0.05, 0.1) is 0 Å². The van der Waals surface area contributed by atoms with E-state index in [2.05, 4.69) is 4.98 Å². The van der Waals surface area contributed by atoms with Gasteiger partial charge in [-0.05, 0) is 12.8 Å². The van der Waals surface area contributed by atoms with Crippen LogP contribution in [-0.4, -0.2) is 11.5 Å². The Morgan fingerprint density at radius 3 is 3.27 bits per heavy atom. The minimum atomic E-state index is 0.0631. The molecule has 1 aliphatic carbocycles. The summed E-state index contributed by atoms with van der Waals surface area (Å²) in [4.78, 5) is 15.0. The van der Waals surface area contributed by atoms with Crippen LogP contribution in [-0.2, 0) is 6.42 Å². The highest BCUT2D eigenvalue weighted by Gasteiger charge is 2.24. The quantitative estimate of drug-likeness (QED) is 0.642. The maximum absolute atomic E-state index is 10.9. The number of aromatic amines is 1. The molecule has 2 rings (SSSR count). The van der Waals surface area contributed by atoms with Crippen LogP contribution < -0.4 is 10.6 Å². The zero-order valence-electron chi connectivity index (χ0n) is 6.09. The third kappa shape index (κ3) is 1.02. The first-order valence-electron chi connectivity index (χ1n) is 3.73. The molecule has 1 aromatic heterocycles. The van der Waals surface area contributed by atoms with Gasteiger partial charge in [0.2, 0.25) is 0 Å². The summed E-state index contributed by atoms with van der Waals surface area (Å²) < 4.78 is 0. The van der Waals surface area contributed by atoms with Crippen LogP contribution in [0.2, 0.25) is 0 Å². The van der Waals surface area contributed by atoms with Gasteiger partial charge >= 0.3 is 4.87 Å². The molecule has 3 nitrogen and oxygen atoms in total. The number of nitrogens with one attached hydrogen (secondary N) is 1. The molecule has 0 saturated heterocycles. The van der Waals surface area contributed by atoms with Crippen molar-refractivity contribution in [1.82, 2.24) is 4.98 Å². The van der Waals surface area contributed by atoms with Gasteiger partial charge in [-0.3, -0.25) is 4.79 Å². The summed E-state index contributed by atoms with van der Waals surface area (Å²) >= 11 is 1.32. The molecule has 60 valence electrons. The maximum atomic E-state index is 10.9. The average Bonchev–Trinajstić information content (AvgIpc) is 2.45. The summed E-state index contributed by atoms with van der Waals surface area (Å²) in [5, 5.41) is 0. The topological polar surface area (TPSA) is 58.9 Å². The second-order valence-corrected chi connectivity index (χ2v) is 3.84. The van der Waals surface area contributed by atoms with Crippen molar-refractivity contribution in [2.75, 3.05) is 6.54 Å². The minimum Gasteiger partial charge on any atom is -0.330 e. The van der Waals surface area contributed by atoms with Crippen molar-refractivity contribution < 1.29 is 0 Å². The highest BCUT2D eigenvalue weighted by atomic mass is 32.1. The van der Waals surface area contributed by atoms with Crippen molar-refractivity contribution in [1.29, 1.82) is 0 Å². The Bertz CT molecular complexity index is 314. The van der Waals surface area contributed by atoms with E-state index in [0.717, 1.165) is 18.5 Å². The van der Waals surface area contributed by atoms with E-state index in [1.807, 2.05) is 0 Å². The Labute approximate surface area is 68.2 Å². The second-order valence-electron chi connectivity index (χ2n) is 2.83. The molecule has 0 fully saturated rings. The van der Waals surface area contributed by atoms with Crippen molar-refractivity contribution in [3.8, 4) is 0 Å². The van der Waals surface area contributed by atoms with Gasteiger partial charge < -0.3 is 10.7 Å². The lowest BCUT2D eigenvalue weighted by atomic mass is 10.1. The molecular formula is C7H10N2OS. The Morgan fingerprint density at radius 1 is 1.73 bits per heavy atom. The van der Waals surface area contributed by atoms with Gasteiger partial charge in [0, 0.05) is 23.0 Å². The molecule has 0 saturated carbocycles. The molecular weight excluding hydrogens is 160 g/mol. The number of nitrogens with two attached hydrogens (primary N) is 1. The van der Waals surface area contributed by atoms with Crippen LogP contribution in [0.15, 0.2) is 4.79 Å². The van der Waals surface area contributed by atoms with Crippen molar-refractivity contribution in [3.05, 3.63) is 20.2 Å². The lowest BCUT2D eigenvalue weighted by Crippen LogP contribution is -2.08. The van der Waals surface area contributed by atoms with Crippen molar-refractivity contribution >= 4 is 11.3 Å². The zero-order valence-corrected chi connectivity index (χ0v) is 6.91. The number of H-pyrrole nitrogens is 1. The van der Waals surface area contributed by atoms with E-state index in [1.165, 1.54) is 16.2 Å². The van der Waals surface area contributed by atoms with Crippen LogP contribution in [0.5, 0.6) is 0 Å². The van der Waals surface area contributed by atoms with Crippen molar-refractivity contribution in [2.24, 2.45) is 5.73 Å². The number of hydrogen-bond donors (Lipinski definition) is 2. The predicted molar refractivity (Wildman–Crippen MR) is 45.1 cm³/mol. The SMILES string of the molecule is NCC1CCc2[nH]c(=O)sc21. The van der Waals surface area contributed by atoms with Crippen molar-refractivity contribution in [3.63, 3.8) is 0 Å². The number of hydrogen-bond acceptors (Lipinski definition) is 3. The van der Waals surface area contributed by atoms with Crippen molar-refractivity contribution in [2.45, 2.75) is 18.8 Å². The van der Waals surface area contributed by atoms with E-state index in [4.69, 9.17) is 5.73 Å². The molecule has 0 radical (unpaired) electrons. The molecule has 0 spiro atoms. The van der Waals surface area contributed by atoms with Crippen LogP contribution >= 0.6 is 11.3 Å². The number of thiazole rings is 1. The van der Waals surface area contributed by atoms with Crippen LogP contribution in [0.25, 0.3) is 0 Å².